The first-order valence-electron chi connectivity index (χ1n) is 5.59. The van der Waals surface area contributed by atoms with E-state index in [1.54, 1.807) is 30.4 Å². The molecule has 0 radical (unpaired) electrons. The van der Waals surface area contributed by atoms with Crippen molar-refractivity contribution in [3.63, 3.8) is 0 Å². The van der Waals surface area contributed by atoms with Gasteiger partial charge >= 0.3 is 0 Å². The smallest absolute Gasteiger partial charge is 0.254 e. The normalized spacial score (nSPS) is 9.35. The van der Waals surface area contributed by atoms with Crippen molar-refractivity contribution in [2.45, 2.75) is 13.3 Å². The number of carbonyl (C=O) groups is 1. The topological polar surface area (TPSA) is 59.2 Å². The molecule has 2 N–H and O–H groups in total. The Morgan fingerprint density at radius 3 is 3.00 bits per heavy atom. The van der Waals surface area contributed by atoms with Crippen molar-refractivity contribution in [3.05, 3.63) is 29.6 Å². The summed E-state index contributed by atoms with van der Waals surface area (Å²) in [6, 6.07) is 1.69. The zero-order valence-electron chi connectivity index (χ0n) is 10.2. The van der Waals surface area contributed by atoms with Crippen molar-refractivity contribution in [1.82, 2.24) is 9.88 Å². The minimum atomic E-state index is -0.0319. The number of nitrogens with zero attached hydrogens (tertiary/aromatic N) is 2. The molecule has 0 aliphatic heterocycles. The molecule has 0 saturated carbocycles. The molecule has 0 aliphatic carbocycles. The predicted molar refractivity (Wildman–Crippen MR) is 67.4 cm³/mol. The molecular formula is C13H17N3O. The Morgan fingerprint density at radius 1 is 1.59 bits per heavy atom. The summed E-state index contributed by atoms with van der Waals surface area (Å²) in [7, 11) is 1.78. The van der Waals surface area contributed by atoms with E-state index in [-0.39, 0.29) is 12.5 Å². The number of carbonyl (C=O) groups excluding carboxylic acids is 1. The molecule has 0 saturated heterocycles. The molecule has 1 amide bonds. The molecule has 0 spiro atoms. The average molecular weight is 231 g/mol. The monoisotopic (exact) mass is 231 g/mol. The van der Waals surface area contributed by atoms with Gasteiger partial charge in [0.1, 0.15) is 0 Å². The molecule has 1 aromatic rings. The summed E-state index contributed by atoms with van der Waals surface area (Å²) in [4.78, 5) is 17.8. The van der Waals surface area contributed by atoms with Crippen LogP contribution in [0.5, 0.6) is 0 Å². The lowest BCUT2D eigenvalue weighted by atomic mass is 10.1. The minimum absolute atomic E-state index is 0.0319. The van der Waals surface area contributed by atoms with E-state index in [1.807, 2.05) is 6.92 Å². The fraction of sp³-hybridized carbons (Fsp3) is 0.385. The van der Waals surface area contributed by atoms with Gasteiger partial charge in [0.15, 0.2) is 0 Å². The number of hydrogen-bond donors (Lipinski definition) is 1. The van der Waals surface area contributed by atoms with E-state index >= 15 is 0 Å². The summed E-state index contributed by atoms with van der Waals surface area (Å²) < 4.78 is 0. The molecule has 1 aromatic heterocycles. The Balaban J connectivity index is 3.00. The van der Waals surface area contributed by atoms with Gasteiger partial charge in [0.25, 0.3) is 5.91 Å². The molecule has 0 aromatic carbocycles. The molecule has 0 fully saturated rings. The molecule has 4 nitrogen and oxygen atoms in total. The number of pyridine rings is 1. The van der Waals surface area contributed by atoms with E-state index in [9.17, 15) is 4.79 Å². The molecule has 17 heavy (non-hydrogen) atoms. The van der Waals surface area contributed by atoms with E-state index in [1.165, 1.54) is 0 Å². The van der Waals surface area contributed by atoms with Crippen molar-refractivity contribution < 1.29 is 4.79 Å². The van der Waals surface area contributed by atoms with Crippen LogP contribution in [0.2, 0.25) is 0 Å². The Morgan fingerprint density at radius 2 is 2.35 bits per heavy atom. The van der Waals surface area contributed by atoms with E-state index in [0.29, 0.717) is 11.1 Å². The standard InChI is InChI=1S/C13H17N3O/c1-3-9-16(2)13(17)12-6-8-15-10-11(12)5-4-7-14/h6,8,10H,3,7,9,14H2,1-2H3. The first-order chi connectivity index (χ1) is 8.20. The molecule has 90 valence electrons. The van der Waals surface area contributed by atoms with Crippen molar-refractivity contribution in [2.75, 3.05) is 20.1 Å². The number of amides is 1. The molecule has 0 unspecified atom stereocenters. The van der Waals surface area contributed by atoms with Gasteiger partial charge in [-0.05, 0) is 12.5 Å². The molecule has 0 aliphatic rings. The summed E-state index contributed by atoms with van der Waals surface area (Å²) in [6.45, 7) is 3.03. The van der Waals surface area contributed by atoms with Gasteiger partial charge in [-0.2, -0.15) is 0 Å². The number of hydrogen-bond acceptors (Lipinski definition) is 3. The largest absolute Gasteiger partial charge is 0.342 e. The Bertz CT molecular complexity index is 445. The summed E-state index contributed by atoms with van der Waals surface area (Å²) in [6.07, 6.45) is 4.12. The Labute approximate surface area is 102 Å². The molecular weight excluding hydrogens is 214 g/mol. The molecule has 0 atom stereocenters. The first kappa shape index (κ1) is 13.2. The van der Waals surface area contributed by atoms with Crippen LogP contribution in [-0.4, -0.2) is 35.9 Å². The highest BCUT2D eigenvalue weighted by Crippen LogP contribution is 2.08. The van der Waals surface area contributed by atoms with Crippen LogP contribution >= 0.6 is 0 Å². The highest BCUT2D eigenvalue weighted by molar-refractivity contribution is 5.96. The van der Waals surface area contributed by atoms with Crippen LogP contribution in [0, 0.1) is 11.8 Å². The van der Waals surface area contributed by atoms with E-state index in [2.05, 4.69) is 16.8 Å². The second kappa shape index (κ2) is 6.66. The SMILES string of the molecule is CCCN(C)C(=O)c1ccncc1C#CCN. The van der Waals surface area contributed by atoms with Gasteiger partial charge in [0.2, 0.25) is 0 Å². The third kappa shape index (κ3) is 3.58. The van der Waals surface area contributed by atoms with Crippen LogP contribution in [-0.2, 0) is 0 Å². The average Bonchev–Trinajstić information content (AvgIpc) is 2.36. The second-order valence-electron chi connectivity index (χ2n) is 3.65. The lowest BCUT2D eigenvalue weighted by Gasteiger charge is -2.16. The number of rotatable bonds is 3. The van der Waals surface area contributed by atoms with Crippen LogP contribution in [0.3, 0.4) is 0 Å². The number of aromatic nitrogens is 1. The van der Waals surface area contributed by atoms with Gasteiger partial charge in [-0.3, -0.25) is 9.78 Å². The van der Waals surface area contributed by atoms with Gasteiger partial charge in [-0.1, -0.05) is 18.8 Å². The van der Waals surface area contributed by atoms with Crippen LogP contribution in [0.15, 0.2) is 18.5 Å². The first-order valence-corrected chi connectivity index (χ1v) is 5.59. The minimum Gasteiger partial charge on any atom is -0.342 e. The highest BCUT2D eigenvalue weighted by atomic mass is 16.2. The third-order valence-corrected chi connectivity index (χ3v) is 2.28. The maximum Gasteiger partial charge on any atom is 0.254 e. The second-order valence-corrected chi connectivity index (χ2v) is 3.65. The third-order valence-electron chi connectivity index (χ3n) is 2.28. The Hall–Kier alpha value is -1.86. The quantitative estimate of drug-likeness (QED) is 0.785. The van der Waals surface area contributed by atoms with Crippen molar-refractivity contribution >= 4 is 5.91 Å². The van der Waals surface area contributed by atoms with Crippen LogP contribution in [0.1, 0.15) is 29.3 Å². The highest BCUT2D eigenvalue weighted by Gasteiger charge is 2.13. The summed E-state index contributed by atoms with van der Waals surface area (Å²) in [5.41, 5.74) is 6.53. The van der Waals surface area contributed by atoms with E-state index < -0.39 is 0 Å². The lowest BCUT2D eigenvalue weighted by molar-refractivity contribution is 0.0795. The van der Waals surface area contributed by atoms with Crippen LogP contribution < -0.4 is 5.73 Å². The fourth-order valence-corrected chi connectivity index (χ4v) is 1.47. The van der Waals surface area contributed by atoms with Gasteiger partial charge < -0.3 is 10.6 Å². The van der Waals surface area contributed by atoms with E-state index in [0.717, 1.165) is 13.0 Å². The maximum atomic E-state index is 12.1. The van der Waals surface area contributed by atoms with Gasteiger partial charge in [0.05, 0.1) is 17.7 Å². The number of nitrogens with two attached hydrogens (primary N) is 1. The maximum absolute atomic E-state index is 12.1. The van der Waals surface area contributed by atoms with Gasteiger partial charge in [-0.25, -0.2) is 0 Å². The van der Waals surface area contributed by atoms with Crippen LogP contribution in [0.25, 0.3) is 0 Å². The van der Waals surface area contributed by atoms with Crippen molar-refractivity contribution in [1.29, 1.82) is 0 Å². The lowest BCUT2D eigenvalue weighted by Crippen LogP contribution is -2.28. The summed E-state index contributed by atoms with van der Waals surface area (Å²) in [5, 5.41) is 0. The predicted octanol–water partition coefficient (Wildman–Crippen LogP) is 0.874. The molecule has 0 bridgehead atoms. The molecule has 1 rings (SSSR count). The van der Waals surface area contributed by atoms with Crippen molar-refractivity contribution in [3.8, 4) is 11.8 Å². The van der Waals surface area contributed by atoms with Crippen molar-refractivity contribution in [2.24, 2.45) is 5.73 Å². The Kier molecular flexibility index (Phi) is 5.18. The van der Waals surface area contributed by atoms with E-state index in [4.69, 9.17) is 5.73 Å². The fourth-order valence-electron chi connectivity index (χ4n) is 1.47. The zero-order chi connectivity index (χ0) is 12.7. The van der Waals surface area contributed by atoms with Gasteiger partial charge in [0, 0.05) is 26.0 Å². The molecule has 4 heteroatoms. The summed E-state index contributed by atoms with van der Waals surface area (Å²) in [5.74, 6) is 5.57. The molecule has 1 heterocycles. The van der Waals surface area contributed by atoms with Gasteiger partial charge in [-0.15, -0.1) is 0 Å². The zero-order valence-corrected chi connectivity index (χ0v) is 10.2. The van der Waals surface area contributed by atoms with Crippen LogP contribution in [0.4, 0.5) is 0 Å². The summed E-state index contributed by atoms with van der Waals surface area (Å²) >= 11 is 0.